The third-order valence-electron chi connectivity index (χ3n) is 3.25. The quantitative estimate of drug-likeness (QED) is 0.755. The molecule has 2 aromatic carbocycles. The van der Waals surface area contributed by atoms with E-state index in [0.29, 0.717) is 6.04 Å². The maximum absolute atomic E-state index is 3.57. The van der Waals surface area contributed by atoms with Crippen LogP contribution in [0.3, 0.4) is 0 Å². The highest BCUT2D eigenvalue weighted by Crippen LogP contribution is 2.33. The maximum atomic E-state index is 3.57. The van der Waals surface area contributed by atoms with Gasteiger partial charge in [0.05, 0.1) is 6.04 Å². The average molecular weight is 209 g/mol. The van der Waals surface area contributed by atoms with Crippen LogP contribution in [0.1, 0.15) is 22.7 Å². The van der Waals surface area contributed by atoms with E-state index >= 15 is 0 Å². The third kappa shape index (κ3) is 1.58. The van der Waals surface area contributed by atoms with Crippen LogP contribution in [0.5, 0.6) is 0 Å². The fourth-order valence-electron chi connectivity index (χ4n) is 2.30. The molecule has 0 amide bonds. The first-order valence-electron chi connectivity index (χ1n) is 5.74. The standard InChI is InChI=1S/C15H15N/c1-11-6-8-12(9-7-11)15-10-13-4-2-3-5-14(13)16-15/h2-9,15-16H,10H2,1H3/t15-/m0/s1. The van der Waals surface area contributed by atoms with Crippen molar-refractivity contribution in [2.24, 2.45) is 0 Å². The van der Waals surface area contributed by atoms with Crippen molar-refractivity contribution >= 4 is 5.69 Å². The Labute approximate surface area is 96.1 Å². The molecule has 1 heteroatoms. The van der Waals surface area contributed by atoms with Gasteiger partial charge in [-0.2, -0.15) is 0 Å². The number of anilines is 1. The average Bonchev–Trinajstić information content (AvgIpc) is 2.73. The number of para-hydroxylation sites is 1. The van der Waals surface area contributed by atoms with Gasteiger partial charge in [-0.15, -0.1) is 0 Å². The zero-order chi connectivity index (χ0) is 11.0. The number of rotatable bonds is 1. The molecular weight excluding hydrogens is 194 g/mol. The normalized spacial score (nSPS) is 17.9. The Morgan fingerprint density at radius 1 is 1.00 bits per heavy atom. The lowest BCUT2D eigenvalue weighted by Crippen LogP contribution is -2.05. The second-order valence-electron chi connectivity index (χ2n) is 4.47. The van der Waals surface area contributed by atoms with Gasteiger partial charge >= 0.3 is 0 Å². The molecule has 2 aromatic rings. The molecule has 1 atom stereocenters. The van der Waals surface area contributed by atoms with E-state index in [9.17, 15) is 0 Å². The van der Waals surface area contributed by atoms with Crippen LogP contribution in [-0.2, 0) is 6.42 Å². The minimum absolute atomic E-state index is 0.443. The highest BCUT2D eigenvalue weighted by atomic mass is 14.9. The van der Waals surface area contributed by atoms with E-state index in [1.807, 2.05) is 0 Å². The molecule has 80 valence electrons. The molecule has 1 N–H and O–H groups in total. The Morgan fingerprint density at radius 3 is 2.50 bits per heavy atom. The van der Waals surface area contributed by atoms with Crippen LogP contribution in [0.25, 0.3) is 0 Å². The van der Waals surface area contributed by atoms with Crippen molar-refractivity contribution in [2.45, 2.75) is 19.4 Å². The molecule has 1 nitrogen and oxygen atoms in total. The lowest BCUT2D eigenvalue weighted by atomic mass is 10.0. The fraction of sp³-hybridized carbons (Fsp3) is 0.200. The van der Waals surface area contributed by atoms with E-state index in [1.54, 1.807) is 0 Å². The molecule has 0 saturated heterocycles. The number of fused-ring (bicyclic) bond motifs is 1. The van der Waals surface area contributed by atoms with Gasteiger partial charge < -0.3 is 5.32 Å². The summed E-state index contributed by atoms with van der Waals surface area (Å²) in [5.74, 6) is 0. The summed E-state index contributed by atoms with van der Waals surface area (Å²) in [5, 5.41) is 3.57. The van der Waals surface area contributed by atoms with Gasteiger partial charge in [-0.1, -0.05) is 48.0 Å². The molecule has 0 aromatic heterocycles. The van der Waals surface area contributed by atoms with Crippen LogP contribution < -0.4 is 5.32 Å². The molecule has 0 fully saturated rings. The zero-order valence-electron chi connectivity index (χ0n) is 9.40. The van der Waals surface area contributed by atoms with Crippen molar-refractivity contribution in [1.29, 1.82) is 0 Å². The van der Waals surface area contributed by atoms with Gasteiger partial charge in [0.25, 0.3) is 0 Å². The number of hydrogen-bond donors (Lipinski definition) is 1. The predicted molar refractivity (Wildman–Crippen MR) is 67.7 cm³/mol. The van der Waals surface area contributed by atoms with Crippen molar-refractivity contribution in [3.05, 3.63) is 65.2 Å². The Balaban J connectivity index is 1.88. The minimum Gasteiger partial charge on any atom is -0.378 e. The first-order valence-corrected chi connectivity index (χ1v) is 5.74. The van der Waals surface area contributed by atoms with E-state index in [2.05, 4.69) is 60.8 Å². The molecule has 0 spiro atoms. The summed E-state index contributed by atoms with van der Waals surface area (Å²) in [7, 11) is 0. The van der Waals surface area contributed by atoms with Crippen molar-refractivity contribution in [2.75, 3.05) is 5.32 Å². The first-order chi connectivity index (χ1) is 7.83. The van der Waals surface area contributed by atoms with Crippen molar-refractivity contribution in [1.82, 2.24) is 0 Å². The largest absolute Gasteiger partial charge is 0.378 e. The van der Waals surface area contributed by atoms with Crippen LogP contribution in [-0.4, -0.2) is 0 Å². The van der Waals surface area contributed by atoms with Gasteiger partial charge in [-0.05, 0) is 30.5 Å². The van der Waals surface area contributed by atoms with E-state index in [4.69, 9.17) is 0 Å². The lowest BCUT2D eigenvalue weighted by molar-refractivity contribution is 0.824. The third-order valence-corrected chi connectivity index (χ3v) is 3.25. The van der Waals surface area contributed by atoms with Crippen LogP contribution in [0.2, 0.25) is 0 Å². The first kappa shape index (κ1) is 9.46. The van der Waals surface area contributed by atoms with Gasteiger partial charge in [0.2, 0.25) is 0 Å². The molecule has 16 heavy (non-hydrogen) atoms. The van der Waals surface area contributed by atoms with E-state index < -0.39 is 0 Å². The summed E-state index contributed by atoms with van der Waals surface area (Å²) in [6.07, 6.45) is 1.10. The molecule has 1 heterocycles. The van der Waals surface area contributed by atoms with E-state index in [0.717, 1.165) is 6.42 Å². The van der Waals surface area contributed by atoms with Crippen LogP contribution in [0, 0.1) is 6.92 Å². The number of hydrogen-bond acceptors (Lipinski definition) is 1. The summed E-state index contributed by atoms with van der Waals surface area (Å²) in [4.78, 5) is 0. The summed E-state index contributed by atoms with van der Waals surface area (Å²) in [6, 6.07) is 17.8. The molecule has 0 radical (unpaired) electrons. The second kappa shape index (κ2) is 3.67. The van der Waals surface area contributed by atoms with Crippen LogP contribution in [0.15, 0.2) is 48.5 Å². The Kier molecular flexibility index (Phi) is 2.17. The van der Waals surface area contributed by atoms with Crippen LogP contribution >= 0.6 is 0 Å². The maximum Gasteiger partial charge on any atom is 0.0555 e. The van der Waals surface area contributed by atoms with Crippen LogP contribution in [0.4, 0.5) is 5.69 Å². The van der Waals surface area contributed by atoms with Gasteiger partial charge in [-0.3, -0.25) is 0 Å². The van der Waals surface area contributed by atoms with Crippen molar-refractivity contribution in [3.8, 4) is 0 Å². The summed E-state index contributed by atoms with van der Waals surface area (Å²) >= 11 is 0. The summed E-state index contributed by atoms with van der Waals surface area (Å²) < 4.78 is 0. The summed E-state index contributed by atoms with van der Waals surface area (Å²) in [6.45, 7) is 2.13. The highest BCUT2D eigenvalue weighted by molar-refractivity contribution is 5.58. The predicted octanol–water partition coefficient (Wildman–Crippen LogP) is 3.70. The Bertz CT molecular complexity index is 474. The smallest absolute Gasteiger partial charge is 0.0555 e. The van der Waals surface area contributed by atoms with Gasteiger partial charge in [0.15, 0.2) is 0 Å². The summed E-state index contributed by atoms with van der Waals surface area (Å²) in [5.41, 5.74) is 5.40. The zero-order valence-corrected chi connectivity index (χ0v) is 9.40. The molecule has 0 unspecified atom stereocenters. The number of nitrogens with one attached hydrogen (secondary N) is 1. The van der Waals surface area contributed by atoms with E-state index in [1.165, 1.54) is 22.4 Å². The van der Waals surface area contributed by atoms with Gasteiger partial charge in [-0.25, -0.2) is 0 Å². The molecule has 0 aliphatic carbocycles. The fourth-order valence-corrected chi connectivity index (χ4v) is 2.30. The Morgan fingerprint density at radius 2 is 1.75 bits per heavy atom. The molecule has 1 aliphatic heterocycles. The molecular formula is C15H15N. The topological polar surface area (TPSA) is 12.0 Å². The number of aryl methyl sites for hydroxylation is 1. The van der Waals surface area contributed by atoms with Gasteiger partial charge in [0.1, 0.15) is 0 Å². The number of benzene rings is 2. The van der Waals surface area contributed by atoms with Crippen molar-refractivity contribution < 1.29 is 0 Å². The second-order valence-corrected chi connectivity index (χ2v) is 4.47. The van der Waals surface area contributed by atoms with Crippen molar-refractivity contribution in [3.63, 3.8) is 0 Å². The Hall–Kier alpha value is -1.76. The SMILES string of the molecule is Cc1ccc([C@@H]2Cc3ccccc3N2)cc1. The lowest BCUT2D eigenvalue weighted by Gasteiger charge is -2.11. The molecule has 3 rings (SSSR count). The molecule has 0 bridgehead atoms. The monoisotopic (exact) mass is 209 g/mol. The minimum atomic E-state index is 0.443. The highest BCUT2D eigenvalue weighted by Gasteiger charge is 2.20. The molecule has 1 aliphatic rings. The van der Waals surface area contributed by atoms with Gasteiger partial charge in [0, 0.05) is 5.69 Å². The molecule has 0 saturated carbocycles. The van der Waals surface area contributed by atoms with E-state index in [-0.39, 0.29) is 0 Å².